The molecule has 1 aliphatic rings. The number of halogens is 1. The molecule has 0 aliphatic heterocycles. The SMILES string of the molecule is O=C(O)[C@@H](c1ccc(F)cc1)C1(O)CCCCC1. The van der Waals surface area contributed by atoms with Crippen LogP contribution in [0.5, 0.6) is 0 Å². The van der Waals surface area contributed by atoms with Crippen molar-refractivity contribution in [3.05, 3.63) is 35.6 Å². The van der Waals surface area contributed by atoms with Crippen LogP contribution in [0.4, 0.5) is 4.39 Å². The summed E-state index contributed by atoms with van der Waals surface area (Å²) >= 11 is 0. The predicted molar refractivity (Wildman–Crippen MR) is 64.8 cm³/mol. The molecule has 1 aromatic carbocycles. The highest BCUT2D eigenvalue weighted by molar-refractivity contribution is 5.77. The molecule has 1 aromatic rings. The van der Waals surface area contributed by atoms with Crippen molar-refractivity contribution in [3.63, 3.8) is 0 Å². The number of hydrogen-bond donors (Lipinski definition) is 2. The average molecular weight is 252 g/mol. The van der Waals surface area contributed by atoms with Crippen LogP contribution in [-0.2, 0) is 4.79 Å². The third kappa shape index (κ3) is 2.53. The molecule has 0 amide bonds. The van der Waals surface area contributed by atoms with E-state index in [0.717, 1.165) is 19.3 Å². The van der Waals surface area contributed by atoms with Gasteiger partial charge in [0, 0.05) is 0 Å². The van der Waals surface area contributed by atoms with Crippen LogP contribution in [0.15, 0.2) is 24.3 Å². The molecule has 2 N–H and O–H groups in total. The first-order valence-corrected chi connectivity index (χ1v) is 6.23. The molecule has 0 aromatic heterocycles. The fourth-order valence-electron chi connectivity index (χ4n) is 2.79. The Hall–Kier alpha value is -1.42. The van der Waals surface area contributed by atoms with Crippen molar-refractivity contribution >= 4 is 5.97 Å². The molecule has 4 heteroatoms. The fourth-order valence-corrected chi connectivity index (χ4v) is 2.79. The van der Waals surface area contributed by atoms with Crippen molar-refractivity contribution in [3.8, 4) is 0 Å². The van der Waals surface area contributed by atoms with Crippen LogP contribution in [0, 0.1) is 5.82 Å². The molecule has 2 rings (SSSR count). The summed E-state index contributed by atoms with van der Waals surface area (Å²) in [6, 6.07) is 5.36. The minimum absolute atomic E-state index is 0.404. The zero-order chi connectivity index (χ0) is 13.2. The standard InChI is InChI=1S/C14H17FO3/c15-11-6-4-10(5-7-11)12(13(16)17)14(18)8-2-1-3-9-14/h4-7,12,18H,1-3,8-9H2,(H,16,17)/t12-/m1/s1. The molecule has 1 fully saturated rings. The molecule has 0 unspecified atom stereocenters. The van der Waals surface area contributed by atoms with E-state index in [1.807, 2.05) is 0 Å². The van der Waals surface area contributed by atoms with Gasteiger partial charge < -0.3 is 10.2 Å². The third-order valence-electron chi connectivity index (χ3n) is 3.71. The van der Waals surface area contributed by atoms with E-state index in [0.29, 0.717) is 18.4 Å². The van der Waals surface area contributed by atoms with E-state index >= 15 is 0 Å². The number of benzene rings is 1. The van der Waals surface area contributed by atoms with Crippen LogP contribution in [-0.4, -0.2) is 21.8 Å². The topological polar surface area (TPSA) is 57.5 Å². The van der Waals surface area contributed by atoms with Gasteiger partial charge in [-0.15, -0.1) is 0 Å². The summed E-state index contributed by atoms with van der Waals surface area (Å²) in [7, 11) is 0. The van der Waals surface area contributed by atoms with Gasteiger partial charge in [0.1, 0.15) is 11.7 Å². The van der Waals surface area contributed by atoms with E-state index < -0.39 is 23.3 Å². The van der Waals surface area contributed by atoms with E-state index in [2.05, 4.69) is 0 Å². The fraction of sp³-hybridized carbons (Fsp3) is 0.500. The molecule has 0 radical (unpaired) electrons. The first-order chi connectivity index (χ1) is 8.53. The van der Waals surface area contributed by atoms with Crippen molar-refractivity contribution in [1.29, 1.82) is 0 Å². The first-order valence-electron chi connectivity index (χ1n) is 6.23. The second-order valence-electron chi connectivity index (χ2n) is 4.99. The van der Waals surface area contributed by atoms with Gasteiger partial charge in [-0.25, -0.2) is 4.39 Å². The molecule has 3 nitrogen and oxygen atoms in total. The van der Waals surface area contributed by atoms with Gasteiger partial charge in [-0.3, -0.25) is 4.79 Å². The lowest BCUT2D eigenvalue weighted by atomic mass is 9.73. The Morgan fingerprint density at radius 1 is 1.17 bits per heavy atom. The van der Waals surface area contributed by atoms with Crippen LogP contribution in [0.3, 0.4) is 0 Å². The van der Waals surface area contributed by atoms with Crippen molar-refractivity contribution in [2.75, 3.05) is 0 Å². The summed E-state index contributed by atoms with van der Waals surface area (Å²) in [4.78, 5) is 11.4. The molecule has 0 bridgehead atoms. The van der Waals surface area contributed by atoms with Crippen LogP contribution >= 0.6 is 0 Å². The average Bonchev–Trinajstić information content (AvgIpc) is 2.32. The van der Waals surface area contributed by atoms with Crippen LogP contribution in [0.2, 0.25) is 0 Å². The molecule has 1 aliphatic carbocycles. The van der Waals surface area contributed by atoms with Crippen molar-refractivity contribution in [2.24, 2.45) is 0 Å². The lowest BCUT2D eigenvalue weighted by Gasteiger charge is -2.37. The number of carboxylic acids is 1. The predicted octanol–water partition coefficient (Wildman–Crippen LogP) is 2.69. The van der Waals surface area contributed by atoms with E-state index in [9.17, 15) is 19.4 Å². The van der Waals surface area contributed by atoms with Gasteiger partial charge in [-0.2, -0.15) is 0 Å². The van der Waals surface area contributed by atoms with Crippen molar-refractivity contribution < 1.29 is 19.4 Å². The highest BCUT2D eigenvalue weighted by Gasteiger charge is 2.43. The van der Waals surface area contributed by atoms with E-state index in [4.69, 9.17) is 0 Å². The van der Waals surface area contributed by atoms with E-state index in [1.54, 1.807) is 0 Å². The lowest BCUT2D eigenvalue weighted by molar-refractivity contribution is -0.147. The Morgan fingerprint density at radius 2 is 1.72 bits per heavy atom. The van der Waals surface area contributed by atoms with Gasteiger partial charge in [-0.05, 0) is 30.5 Å². The zero-order valence-corrected chi connectivity index (χ0v) is 10.1. The largest absolute Gasteiger partial charge is 0.481 e. The summed E-state index contributed by atoms with van der Waals surface area (Å²) in [5.41, 5.74) is -0.740. The van der Waals surface area contributed by atoms with Gasteiger partial charge >= 0.3 is 5.97 Å². The molecule has 0 spiro atoms. The van der Waals surface area contributed by atoms with Gasteiger partial charge in [-0.1, -0.05) is 31.4 Å². The highest BCUT2D eigenvalue weighted by atomic mass is 19.1. The minimum atomic E-state index is -1.21. The lowest BCUT2D eigenvalue weighted by Crippen LogP contribution is -2.42. The van der Waals surface area contributed by atoms with Crippen molar-refractivity contribution in [2.45, 2.75) is 43.6 Å². The maximum Gasteiger partial charge on any atom is 0.313 e. The highest BCUT2D eigenvalue weighted by Crippen LogP contribution is 2.40. The monoisotopic (exact) mass is 252 g/mol. The van der Waals surface area contributed by atoms with E-state index in [-0.39, 0.29) is 0 Å². The molecule has 0 saturated heterocycles. The van der Waals surface area contributed by atoms with Crippen LogP contribution in [0.25, 0.3) is 0 Å². The Morgan fingerprint density at radius 3 is 2.22 bits per heavy atom. The first kappa shape index (κ1) is 13.0. The molecule has 18 heavy (non-hydrogen) atoms. The summed E-state index contributed by atoms with van der Waals surface area (Å²) in [5.74, 6) is -2.43. The summed E-state index contributed by atoms with van der Waals surface area (Å²) in [6.45, 7) is 0. The molecule has 1 saturated carbocycles. The summed E-state index contributed by atoms with van der Waals surface area (Å²) < 4.78 is 12.9. The summed E-state index contributed by atoms with van der Waals surface area (Å²) in [5, 5.41) is 19.9. The van der Waals surface area contributed by atoms with Gasteiger partial charge in [0.05, 0.1) is 5.60 Å². The smallest absolute Gasteiger partial charge is 0.313 e. The number of carboxylic acid groups (broad SMARTS) is 1. The van der Waals surface area contributed by atoms with Gasteiger partial charge in [0.2, 0.25) is 0 Å². The van der Waals surface area contributed by atoms with Gasteiger partial charge in [0.15, 0.2) is 0 Å². The van der Waals surface area contributed by atoms with Crippen LogP contribution in [0.1, 0.15) is 43.6 Å². The quantitative estimate of drug-likeness (QED) is 0.869. The Balaban J connectivity index is 2.33. The molecular weight excluding hydrogens is 235 g/mol. The van der Waals surface area contributed by atoms with Crippen molar-refractivity contribution in [1.82, 2.24) is 0 Å². The van der Waals surface area contributed by atoms with Crippen LogP contribution < -0.4 is 0 Å². The Labute approximate surface area is 105 Å². The minimum Gasteiger partial charge on any atom is -0.481 e. The molecular formula is C14H17FO3. The number of rotatable bonds is 3. The zero-order valence-electron chi connectivity index (χ0n) is 10.1. The number of hydrogen-bond acceptors (Lipinski definition) is 2. The molecule has 98 valence electrons. The number of aliphatic carboxylic acids is 1. The second-order valence-corrected chi connectivity index (χ2v) is 4.99. The normalized spacial score (nSPS) is 20.3. The second kappa shape index (κ2) is 5.06. The molecule has 0 heterocycles. The summed E-state index contributed by atoms with van der Waals surface area (Å²) in [6.07, 6.45) is 3.67. The van der Waals surface area contributed by atoms with E-state index in [1.165, 1.54) is 24.3 Å². The maximum atomic E-state index is 12.9. The third-order valence-corrected chi connectivity index (χ3v) is 3.71. The van der Waals surface area contributed by atoms with Gasteiger partial charge in [0.25, 0.3) is 0 Å². The Kier molecular flexibility index (Phi) is 3.66. The Bertz CT molecular complexity index is 421. The number of carbonyl (C=O) groups is 1. The number of aliphatic hydroxyl groups is 1. The maximum absolute atomic E-state index is 12.9. The molecule has 1 atom stereocenters.